The fourth-order valence-electron chi connectivity index (χ4n) is 2.24. The Hall–Kier alpha value is -0.770. The fourth-order valence-corrected chi connectivity index (χ4v) is 4.72. The molecule has 1 amide bonds. The van der Waals surface area contributed by atoms with E-state index in [-0.39, 0.29) is 24.1 Å². The topological polar surface area (TPSA) is 78.8 Å². The summed E-state index contributed by atoms with van der Waals surface area (Å²) in [4.78, 5) is 13.0. The van der Waals surface area contributed by atoms with Crippen LogP contribution in [0.15, 0.2) is 21.0 Å². The van der Waals surface area contributed by atoms with Gasteiger partial charge in [0.05, 0.1) is 17.9 Å². The Kier molecular flexibility index (Phi) is 6.13. The molecule has 0 aliphatic carbocycles. The van der Waals surface area contributed by atoms with E-state index in [1.54, 1.807) is 13.1 Å². The van der Waals surface area contributed by atoms with E-state index in [4.69, 9.17) is 0 Å². The van der Waals surface area contributed by atoms with Crippen LogP contribution in [0.1, 0.15) is 24.6 Å². The second-order valence-electron chi connectivity index (χ2n) is 5.00. The minimum atomic E-state index is -3.24. The number of nitrogens with zero attached hydrogens (tertiary/aromatic N) is 2. The van der Waals surface area contributed by atoms with Crippen LogP contribution in [0.3, 0.4) is 0 Å². The van der Waals surface area contributed by atoms with E-state index in [0.29, 0.717) is 19.4 Å². The number of carbonyl (C=O) groups is 1. The molecule has 0 bridgehead atoms. The number of carbonyl (C=O) groups excluding carboxylic acids is 1. The average Bonchev–Trinajstić information content (AvgIpc) is 2.92. The van der Waals surface area contributed by atoms with Crippen LogP contribution in [0, 0.1) is 5.92 Å². The summed E-state index contributed by atoms with van der Waals surface area (Å²) in [6.45, 7) is 2.34. The largest absolute Gasteiger partial charge is 0.273 e. The first-order chi connectivity index (χ1) is 10.4. The molecule has 1 saturated heterocycles. The maximum atomic E-state index is 12.1. The lowest BCUT2D eigenvalue weighted by molar-refractivity contribution is -0.126. The van der Waals surface area contributed by atoms with E-state index in [9.17, 15) is 13.2 Å². The third-order valence-electron chi connectivity index (χ3n) is 3.47. The summed E-state index contributed by atoms with van der Waals surface area (Å²) in [6, 6.07) is 1.90. The molecule has 2 rings (SSSR count). The van der Waals surface area contributed by atoms with Gasteiger partial charge in [-0.05, 0) is 41.8 Å². The maximum absolute atomic E-state index is 12.1. The molecule has 0 spiro atoms. The Bertz CT molecular complexity index is 657. The Morgan fingerprint density at radius 2 is 2.41 bits per heavy atom. The predicted octanol–water partition coefficient (Wildman–Crippen LogP) is 2.02. The summed E-state index contributed by atoms with van der Waals surface area (Å²) in [5.41, 5.74) is 2.50. The van der Waals surface area contributed by atoms with Gasteiger partial charge in [-0.2, -0.15) is 5.10 Å². The van der Waals surface area contributed by atoms with Crippen molar-refractivity contribution in [2.75, 3.05) is 18.8 Å². The molecule has 1 N–H and O–H groups in total. The van der Waals surface area contributed by atoms with Crippen molar-refractivity contribution < 1.29 is 13.2 Å². The Balaban J connectivity index is 1.91. The van der Waals surface area contributed by atoms with Gasteiger partial charge in [-0.3, -0.25) is 4.79 Å². The highest BCUT2D eigenvalue weighted by atomic mass is 79.9. The first-order valence-electron chi connectivity index (χ1n) is 6.97. The van der Waals surface area contributed by atoms with Gasteiger partial charge in [-0.25, -0.2) is 18.1 Å². The number of hydrogen-bond donors (Lipinski definition) is 1. The summed E-state index contributed by atoms with van der Waals surface area (Å²) in [7, 11) is -3.24. The molecular weight excluding hydrogens is 390 g/mol. The first kappa shape index (κ1) is 17.6. The lowest BCUT2D eigenvalue weighted by Gasteiger charge is -2.30. The van der Waals surface area contributed by atoms with Crippen LogP contribution >= 0.6 is 27.3 Å². The standard InChI is InChI=1S/C13H18BrN3O3S2/c1-2-22(19,20)17-5-3-4-10(8-17)13(18)16-15-7-12-6-11(14)9-21-12/h6-7,9-10H,2-5,8H2,1H3,(H,16,18)/b15-7+. The zero-order valence-electron chi connectivity index (χ0n) is 12.2. The average molecular weight is 408 g/mol. The molecule has 6 nitrogen and oxygen atoms in total. The quantitative estimate of drug-likeness (QED) is 0.598. The Morgan fingerprint density at radius 1 is 1.64 bits per heavy atom. The summed E-state index contributed by atoms with van der Waals surface area (Å²) >= 11 is 4.85. The van der Waals surface area contributed by atoms with Crippen LogP contribution in [0.2, 0.25) is 0 Å². The predicted molar refractivity (Wildman–Crippen MR) is 91.5 cm³/mol. The number of halogens is 1. The van der Waals surface area contributed by atoms with Crippen molar-refractivity contribution >= 4 is 49.4 Å². The van der Waals surface area contributed by atoms with Gasteiger partial charge >= 0.3 is 0 Å². The third kappa shape index (κ3) is 4.61. The Labute approximate surface area is 142 Å². The molecule has 0 radical (unpaired) electrons. The highest BCUT2D eigenvalue weighted by molar-refractivity contribution is 9.10. The molecule has 0 aromatic carbocycles. The number of hydrogen-bond acceptors (Lipinski definition) is 5. The summed E-state index contributed by atoms with van der Waals surface area (Å²) in [5, 5.41) is 5.86. The van der Waals surface area contributed by atoms with Crippen molar-refractivity contribution in [2.45, 2.75) is 19.8 Å². The lowest BCUT2D eigenvalue weighted by atomic mass is 9.99. The van der Waals surface area contributed by atoms with Gasteiger partial charge in [0.25, 0.3) is 0 Å². The summed E-state index contributed by atoms with van der Waals surface area (Å²) < 4.78 is 26.1. The van der Waals surface area contributed by atoms with Crippen molar-refractivity contribution in [3.8, 4) is 0 Å². The number of sulfonamides is 1. The molecule has 1 unspecified atom stereocenters. The van der Waals surface area contributed by atoms with Crippen LogP contribution in [0.4, 0.5) is 0 Å². The van der Waals surface area contributed by atoms with Gasteiger partial charge in [0.15, 0.2) is 0 Å². The smallest absolute Gasteiger partial charge is 0.244 e. The lowest BCUT2D eigenvalue weighted by Crippen LogP contribution is -2.45. The highest BCUT2D eigenvalue weighted by Crippen LogP contribution is 2.20. The SMILES string of the molecule is CCS(=O)(=O)N1CCCC(C(=O)N/N=C/c2cc(Br)cs2)C1. The number of nitrogens with one attached hydrogen (secondary N) is 1. The van der Waals surface area contributed by atoms with E-state index in [0.717, 1.165) is 9.35 Å². The van der Waals surface area contributed by atoms with Gasteiger partial charge in [-0.15, -0.1) is 11.3 Å². The number of hydrazone groups is 1. The molecule has 2 heterocycles. The van der Waals surface area contributed by atoms with Crippen LogP contribution < -0.4 is 5.43 Å². The molecule has 1 aliphatic rings. The van der Waals surface area contributed by atoms with Crippen molar-refractivity contribution in [3.63, 3.8) is 0 Å². The van der Waals surface area contributed by atoms with Gasteiger partial charge in [0.2, 0.25) is 15.9 Å². The highest BCUT2D eigenvalue weighted by Gasteiger charge is 2.31. The van der Waals surface area contributed by atoms with Gasteiger partial charge in [0.1, 0.15) is 0 Å². The van der Waals surface area contributed by atoms with E-state index >= 15 is 0 Å². The summed E-state index contributed by atoms with van der Waals surface area (Å²) in [5.74, 6) is -0.516. The minimum Gasteiger partial charge on any atom is -0.273 e. The molecule has 22 heavy (non-hydrogen) atoms. The first-order valence-corrected chi connectivity index (χ1v) is 10.3. The van der Waals surface area contributed by atoms with E-state index in [2.05, 4.69) is 26.5 Å². The molecule has 0 saturated carbocycles. The van der Waals surface area contributed by atoms with E-state index in [1.165, 1.54) is 15.6 Å². The Morgan fingerprint density at radius 3 is 3.05 bits per heavy atom. The molecule has 1 aromatic rings. The van der Waals surface area contributed by atoms with Crippen LogP contribution in [0.25, 0.3) is 0 Å². The maximum Gasteiger partial charge on any atom is 0.244 e. The number of thiophene rings is 1. The van der Waals surface area contributed by atoms with E-state index in [1.807, 2.05) is 11.4 Å². The summed E-state index contributed by atoms with van der Waals surface area (Å²) in [6.07, 6.45) is 2.96. The monoisotopic (exact) mass is 407 g/mol. The zero-order valence-corrected chi connectivity index (χ0v) is 15.4. The second-order valence-corrected chi connectivity index (χ2v) is 9.12. The van der Waals surface area contributed by atoms with Crippen molar-refractivity contribution in [1.29, 1.82) is 0 Å². The molecular formula is C13H18BrN3O3S2. The number of amides is 1. The molecule has 1 fully saturated rings. The molecule has 1 atom stereocenters. The molecule has 1 aromatic heterocycles. The zero-order chi connectivity index (χ0) is 16.2. The van der Waals surface area contributed by atoms with Gasteiger partial charge < -0.3 is 0 Å². The third-order valence-corrected chi connectivity index (χ3v) is 6.94. The van der Waals surface area contributed by atoms with Gasteiger partial charge in [0, 0.05) is 27.8 Å². The van der Waals surface area contributed by atoms with Crippen LogP contribution in [0.5, 0.6) is 0 Å². The second kappa shape index (κ2) is 7.67. The number of piperidine rings is 1. The minimum absolute atomic E-state index is 0.0622. The van der Waals surface area contributed by atoms with Crippen molar-refractivity contribution in [3.05, 3.63) is 20.8 Å². The normalized spacial score (nSPS) is 20.4. The van der Waals surface area contributed by atoms with Crippen LogP contribution in [-0.2, 0) is 14.8 Å². The molecule has 1 aliphatic heterocycles. The van der Waals surface area contributed by atoms with Crippen molar-refractivity contribution in [2.24, 2.45) is 11.0 Å². The van der Waals surface area contributed by atoms with Crippen molar-refractivity contribution in [1.82, 2.24) is 9.73 Å². The fraction of sp³-hybridized carbons (Fsp3) is 0.538. The number of rotatable bonds is 5. The van der Waals surface area contributed by atoms with E-state index < -0.39 is 10.0 Å². The van der Waals surface area contributed by atoms with Crippen LogP contribution in [-0.4, -0.2) is 43.7 Å². The molecule has 9 heteroatoms. The molecule has 122 valence electrons. The van der Waals surface area contributed by atoms with Gasteiger partial charge in [-0.1, -0.05) is 0 Å².